The van der Waals surface area contributed by atoms with Crippen LogP contribution < -0.4 is 4.90 Å². The molecule has 0 aliphatic carbocycles. The van der Waals surface area contributed by atoms with Gasteiger partial charge in [0.05, 0.1) is 0 Å². The third-order valence-corrected chi connectivity index (χ3v) is 4.67. The zero-order valence-corrected chi connectivity index (χ0v) is 13.6. The molecule has 0 atom stereocenters. The lowest BCUT2D eigenvalue weighted by Crippen LogP contribution is -2.46. The van der Waals surface area contributed by atoms with Gasteiger partial charge in [-0.15, -0.1) is 0 Å². The van der Waals surface area contributed by atoms with Gasteiger partial charge in [-0.3, -0.25) is 4.90 Å². The minimum atomic E-state index is 0.342. The second kappa shape index (κ2) is 8.40. The van der Waals surface area contributed by atoms with Crippen LogP contribution in [-0.4, -0.2) is 49.3 Å². The molecule has 1 aromatic carbocycles. The number of anilines is 1. The van der Waals surface area contributed by atoms with Crippen LogP contribution in [0.25, 0.3) is 0 Å². The van der Waals surface area contributed by atoms with Crippen molar-refractivity contribution in [2.45, 2.75) is 39.5 Å². The van der Waals surface area contributed by atoms with Crippen molar-refractivity contribution in [3.8, 4) is 0 Å². The minimum Gasteiger partial charge on any atom is -0.396 e. The van der Waals surface area contributed by atoms with E-state index in [2.05, 4.69) is 41.8 Å². The molecule has 0 unspecified atom stereocenters. The van der Waals surface area contributed by atoms with Gasteiger partial charge >= 0.3 is 0 Å². The standard InChI is InChI=1S/C18H30N2O/c1-16-8-7-9-18(17(16)2)20-13-11-19(12-14-20)10-5-3-4-6-15-21/h7-9,21H,3-6,10-15H2,1-2H3. The van der Waals surface area contributed by atoms with Gasteiger partial charge < -0.3 is 10.0 Å². The quantitative estimate of drug-likeness (QED) is 0.782. The lowest BCUT2D eigenvalue weighted by molar-refractivity contribution is 0.247. The molecule has 1 aliphatic heterocycles. The molecule has 3 heteroatoms. The summed E-state index contributed by atoms with van der Waals surface area (Å²) in [6.45, 7) is 10.6. The number of benzene rings is 1. The van der Waals surface area contributed by atoms with E-state index < -0.39 is 0 Å². The van der Waals surface area contributed by atoms with Crippen LogP contribution in [0.3, 0.4) is 0 Å². The highest BCUT2D eigenvalue weighted by atomic mass is 16.2. The van der Waals surface area contributed by atoms with Crippen LogP contribution in [0.1, 0.15) is 36.8 Å². The highest BCUT2D eigenvalue weighted by molar-refractivity contribution is 5.56. The van der Waals surface area contributed by atoms with E-state index in [0.29, 0.717) is 6.61 Å². The highest BCUT2D eigenvalue weighted by Crippen LogP contribution is 2.23. The van der Waals surface area contributed by atoms with E-state index in [0.717, 1.165) is 19.5 Å². The second-order valence-electron chi connectivity index (χ2n) is 6.19. The number of aliphatic hydroxyl groups is 1. The van der Waals surface area contributed by atoms with Gasteiger partial charge in [0.25, 0.3) is 0 Å². The lowest BCUT2D eigenvalue weighted by Gasteiger charge is -2.37. The van der Waals surface area contributed by atoms with Crippen molar-refractivity contribution in [1.82, 2.24) is 4.90 Å². The average Bonchev–Trinajstić information content (AvgIpc) is 2.51. The Bertz CT molecular complexity index is 425. The molecule has 0 bridgehead atoms. The molecule has 0 amide bonds. The summed E-state index contributed by atoms with van der Waals surface area (Å²) in [4.78, 5) is 5.12. The summed E-state index contributed by atoms with van der Waals surface area (Å²) < 4.78 is 0. The summed E-state index contributed by atoms with van der Waals surface area (Å²) in [5, 5.41) is 8.78. The smallest absolute Gasteiger partial charge is 0.0431 e. The maximum atomic E-state index is 8.78. The molecular formula is C18H30N2O. The fourth-order valence-corrected chi connectivity index (χ4v) is 3.09. The van der Waals surface area contributed by atoms with Gasteiger partial charge in [-0.2, -0.15) is 0 Å². The molecule has 3 nitrogen and oxygen atoms in total. The summed E-state index contributed by atoms with van der Waals surface area (Å²) >= 11 is 0. The molecule has 1 aromatic rings. The summed E-state index contributed by atoms with van der Waals surface area (Å²) in [7, 11) is 0. The van der Waals surface area contributed by atoms with Crippen LogP contribution in [0.15, 0.2) is 18.2 Å². The van der Waals surface area contributed by atoms with E-state index in [1.165, 1.54) is 55.7 Å². The summed E-state index contributed by atoms with van der Waals surface area (Å²) in [6, 6.07) is 6.62. The second-order valence-corrected chi connectivity index (χ2v) is 6.19. The molecular weight excluding hydrogens is 260 g/mol. The maximum absolute atomic E-state index is 8.78. The van der Waals surface area contributed by atoms with Crippen LogP contribution >= 0.6 is 0 Å². The SMILES string of the molecule is Cc1cccc(N2CCN(CCCCCCO)CC2)c1C. The van der Waals surface area contributed by atoms with E-state index in [1.807, 2.05) is 0 Å². The molecule has 2 rings (SSSR count). The van der Waals surface area contributed by atoms with Crippen molar-refractivity contribution in [2.75, 3.05) is 44.2 Å². The van der Waals surface area contributed by atoms with E-state index >= 15 is 0 Å². The molecule has 1 heterocycles. The summed E-state index contributed by atoms with van der Waals surface area (Å²) in [6.07, 6.45) is 4.64. The van der Waals surface area contributed by atoms with Gasteiger partial charge in [0.1, 0.15) is 0 Å². The molecule has 1 saturated heterocycles. The van der Waals surface area contributed by atoms with Crippen LogP contribution in [0.2, 0.25) is 0 Å². The minimum absolute atomic E-state index is 0.342. The molecule has 1 aliphatic rings. The van der Waals surface area contributed by atoms with Gasteiger partial charge in [-0.05, 0) is 50.4 Å². The number of rotatable bonds is 7. The number of unbranched alkanes of at least 4 members (excludes halogenated alkanes) is 3. The van der Waals surface area contributed by atoms with E-state index in [4.69, 9.17) is 5.11 Å². The van der Waals surface area contributed by atoms with Crippen molar-refractivity contribution in [3.05, 3.63) is 29.3 Å². The average molecular weight is 290 g/mol. The molecule has 0 saturated carbocycles. The Morgan fingerprint density at radius 3 is 2.38 bits per heavy atom. The molecule has 0 spiro atoms. The topological polar surface area (TPSA) is 26.7 Å². The molecule has 21 heavy (non-hydrogen) atoms. The number of nitrogens with zero attached hydrogens (tertiary/aromatic N) is 2. The first kappa shape index (κ1) is 16.3. The Morgan fingerprint density at radius 2 is 1.67 bits per heavy atom. The third kappa shape index (κ3) is 4.72. The Hall–Kier alpha value is -1.06. The summed E-state index contributed by atoms with van der Waals surface area (Å²) in [5.41, 5.74) is 4.23. The summed E-state index contributed by atoms with van der Waals surface area (Å²) in [5.74, 6) is 0. The van der Waals surface area contributed by atoms with Gasteiger partial charge in [0.2, 0.25) is 0 Å². The van der Waals surface area contributed by atoms with Crippen molar-refractivity contribution >= 4 is 5.69 Å². The van der Waals surface area contributed by atoms with Crippen LogP contribution in [0.4, 0.5) is 5.69 Å². The van der Waals surface area contributed by atoms with Gasteiger partial charge in [0.15, 0.2) is 0 Å². The Morgan fingerprint density at radius 1 is 0.952 bits per heavy atom. The number of aryl methyl sites for hydroxylation is 1. The van der Waals surface area contributed by atoms with E-state index in [9.17, 15) is 0 Å². The van der Waals surface area contributed by atoms with Crippen molar-refractivity contribution in [1.29, 1.82) is 0 Å². The van der Waals surface area contributed by atoms with Gasteiger partial charge in [-0.1, -0.05) is 25.0 Å². The third-order valence-electron chi connectivity index (χ3n) is 4.67. The number of aliphatic hydroxyl groups excluding tert-OH is 1. The zero-order chi connectivity index (χ0) is 15.1. The Kier molecular flexibility index (Phi) is 6.52. The lowest BCUT2D eigenvalue weighted by atomic mass is 10.1. The van der Waals surface area contributed by atoms with Crippen LogP contribution in [0.5, 0.6) is 0 Å². The molecule has 1 fully saturated rings. The maximum Gasteiger partial charge on any atom is 0.0431 e. The van der Waals surface area contributed by atoms with Crippen molar-refractivity contribution < 1.29 is 5.11 Å². The first-order valence-corrected chi connectivity index (χ1v) is 8.36. The van der Waals surface area contributed by atoms with E-state index in [-0.39, 0.29) is 0 Å². The fourth-order valence-electron chi connectivity index (χ4n) is 3.09. The van der Waals surface area contributed by atoms with Crippen LogP contribution in [-0.2, 0) is 0 Å². The van der Waals surface area contributed by atoms with Crippen LogP contribution in [0, 0.1) is 13.8 Å². The predicted molar refractivity (Wildman–Crippen MR) is 90.1 cm³/mol. The Balaban J connectivity index is 1.74. The highest BCUT2D eigenvalue weighted by Gasteiger charge is 2.18. The molecule has 1 N–H and O–H groups in total. The largest absolute Gasteiger partial charge is 0.396 e. The number of hydrogen-bond acceptors (Lipinski definition) is 3. The Labute approximate surface area is 129 Å². The predicted octanol–water partition coefficient (Wildman–Crippen LogP) is 2.98. The zero-order valence-electron chi connectivity index (χ0n) is 13.6. The normalized spacial score (nSPS) is 16.4. The van der Waals surface area contributed by atoms with Gasteiger partial charge in [0, 0.05) is 38.5 Å². The number of hydrogen-bond donors (Lipinski definition) is 1. The molecule has 0 radical (unpaired) electrons. The number of piperazine rings is 1. The van der Waals surface area contributed by atoms with E-state index in [1.54, 1.807) is 0 Å². The van der Waals surface area contributed by atoms with Crippen molar-refractivity contribution in [3.63, 3.8) is 0 Å². The van der Waals surface area contributed by atoms with Crippen molar-refractivity contribution in [2.24, 2.45) is 0 Å². The van der Waals surface area contributed by atoms with Gasteiger partial charge in [-0.25, -0.2) is 0 Å². The first-order chi connectivity index (χ1) is 10.2. The molecule has 118 valence electrons. The fraction of sp³-hybridized carbons (Fsp3) is 0.667. The molecule has 0 aromatic heterocycles. The first-order valence-electron chi connectivity index (χ1n) is 8.36. The monoisotopic (exact) mass is 290 g/mol.